The fourth-order valence-electron chi connectivity index (χ4n) is 2.29. The molecule has 1 amide bonds. The number of anilines is 1. The van der Waals surface area contributed by atoms with Crippen molar-refractivity contribution in [2.45, 2.75) is 31.5 Å². The number of hydrogen-bond donors (Lipinski definition) is 1. The van der Waals surface area contributed by atoms with E-state index in [9.17, 15) is 18.0 Å². The average Bonchev–Trinajstić information content (AvgIpc) is 3.21. The van der Waals surface area contributed by atoms with Gasteiger partial charge in [-0.2, -0.15) is 18.3 Å². The lowest BCUT2D eigenvalue weighted by Gasteiger charge is -2.09. The van der Waals surface area contributed by atoms with Crippen LogP contribution in [0.2, 0.25) is 0 Å². The second kappa shape index (κ2) is 5.99. The zero-order chi connectivity index (χ0) is 16.6. The highest BCUT2D eigenvalue weighted by Crippen LogP contribution is 2.42. The van der Waals surface area contributed by atoms with E-state index >= 15 is 0 Å². The van der Waals surface area contributed by atoms with Gasteiger partial charge >= 0.3 is 6.18 Å². The van der Waals surface area contributed by atoms with Gasteiger partial charge in [0.05, 0.1) is 5.69 Å². The largest absolute Gasteiger partial charge is 0.435 e. The summed E-state index contributed by atoms with van der Waals surface area (Å²) in [5, 5.41) is 6.23. The summed E-state index contributed by atoms with van der Waals surface area (Å²) in [7, 11) is 0. The summed E-state index contributed by atoms with van der Waals surface area (Å²) in [6, 6.07) is 8.07. The molecule has 1 aliphatic carbocycles. The van der Waals surface area contributed by atoms with Gasteiger partial charge in [0.2, 0.25) is 5.91 Å². The predicted molar refractivity (Wildman–Crippen MR) is 82.0 cm³/mol. The van der Waals surface area contributed by atoms with Crippen LogP contribution in [0.5, 0.6) is 0 Å². The molecule has 0 spiro atoms. The van der Waals surface area contributed by atoms with E-state index in [1.807, 2.05) is 0 Å². The molecule has 0 aliphatic heterocycles. The van der Waals surface area contributed by atoms with Gasteiger partial charge in [0.15, 0.2) is 5.69 Å². The normalized spacial score (nSPS) is 14.8. The molecule has 1 aromatic heterocycles. The van der Waals surface area contributed by atoms with Crippen LogP contribution in [-0.4, -0.2) is 15.7 Å². The number of hydrogen-bond acceptors (Lipinski definition) is 2. The Labute approximate surface area is 138 Å². The number of alkyl halides is 3. The molecule has 1 fully saturated rings. The van der Waals surface area contributed by atoms with Gasteiger partial charge in [-0.3, -0.25) is 9.48 Å². The molecule has 0 unspecified atom stereocenters. The third kappa shape index (κ3) is 3.74. The monoisotopic (exact) mass is 387 g/mol. The molecule has 0 radical (unpaired) electrons. The number of nitrogens with one attached hydrogen (secondary N) is 1. The van der Waals surface area contributed by atoms with E-state index in [4.69, 9.17) is 0 Å². The van der Waals surface area contributed by atoms with Gasteiger partial charge in [-0.05, 0) is 47.0 Å². The lowest BCUT2D eigenvalue weighted by molar-refractivity contribution is -0.141. The van der Waals surface area contributed by atoms with Crippen molar-refractivity contribution in [1.82, 2.24) is 9.78 Å². The minimum atomic E-state index is -4.51. The molecule has 23 heavy (non-hydrogen) atoms. The molecule has 1 heterocycles. The summed E-state index contributed by atoms with van der Waals surface area (Å²) in [6.07, 6.45) is -2.85. The Bertz CT molecular complexity index is 738. The first-order chi connectivity index (χ1) is 10.8. The maximum atomic E-state index is 12.8. The first kappa shape index (κ1) is 16.0. The van der Waals surface area contributed by atoms with Crippen LogP contribution in [0.1, 0.15) is 30.1 Å². The molecule has 1 aliphatic rings. The summed E-state index contributed by atoms with van der Waals surface area (Å²) in [4.78, 5) is 12.1. The molecule has 1 aromatic carbocycles. The molecule has 0 atom stereocenters. The van der Waals surface area contributed by atoms with Gasteiger partial charge < -0.3 is 5.32 Å². The Kier molecular flexibility index (Phi) is 4.18. The average molecular weight is 388 g/mol. The summed E-state index contributed by atoms with van der Waals surface area (Å²) in [5.41, 5.74) is 0.0846. The minimum Gasteiger partial charge on any atom is -0.323 e. The van der Waals surface area contributed by atoms with Gasteiger partial charge in [0.25, 0.3) is 0 Å². The quantitative estimate of drug-likeness (QED) is 0.855. The smallest absolute Gasteiger partial charge is 0.323 e. The van der Waals surface area contributed by atoms with Gasteiger partial charge in [-0.15, -0.1) is 0 Å². The number of carbonyl (C=O) groups excluding carboxylic acids is 1. The summed E-state index contributed by atoms with van der Waals surface area (Å²) in [5.74, 6) is -0.356. The van der Waals surface area contributed by atoms with E-state index in [0.717, 1.165) is 23.6 Å². The van der Waals surface area contributed by atoms with E-state index < -0.39 is 17.8 Å². The van der Waals surface area contributed by atoms with Crippen molar-refractivity contribution in [3.63, 3.8) is 0 Å². The van der Waals surface area contributed by atoms with Crippen LogP contribution in [0.15, 0.2) is 34.8 Å². The van der Waals surface area contributed by atoms with Crippen LogP contribution in [0.4, 0.5) is 18.9 Å². The highest BCUT2D eigenvalue weighted by Gasteiger charge is 2.38. The molecule has 3 rings (SSSR count). The molecular weight excluding hydrogens is 375 g/mol. The number of carbonyl (C=O) groups is 1. The topological polar surface area (TPSA) is 46.9 Å². The van der Waals surface area contributed by atoms with Crippen LogP contribution in [0, 0.1) is 0 Å². The van der Waals surface area contributed by atoms with Crippen LogP contribution < -0.4 is 5.32 Å². The number of aromatic nitrogens is 2. The van der Waals surface area contributed by atoms with Crippen molar-refractivity contribution in [2.75, 3.05) is 5.32 Å². The van der Waals surface area contributed by atoms with Crippen LogP contribution in [0.25, 0.3) is 0 Å². The molecule has 122 valence electrons. The van der Waals surface area contributed by atoms with Crippen molar-refractivity contribution in [1.29, 1.82) is 0 Å². The van der Waals surface area contributed by atoms with E-state index in [2.05, 4.69) is 26.3 Å². The minimum absolute atomic E-state index is 0.0647. The Morgan fingerprint density at radius 2 is 2.04 bits per heavy atom. The van der Waals surface area contributed by atoms with Gasteiger partial charge in [-0.1, -0.05) is 12.1 Å². The first-order valence-electron chi connectivity index (χ1n) is 7.04. The summed E-state index contributed by atoms with van der Waals surface area (Å²) < 4.78 is 40.3. The number of rotatable bonds is 4. The fraction of sp³-hybridized carbons (Fsp3) is 0.333. The number of amides is 1. The van der Waals surface area contributed by atoms with E-state index in [-0.39, 0.29) is 12.5 Å². The first-order valence-corrected chi connectivity index (χ1v) is 7.83. The van der Waals surface area contributed by atoms with E-state index in [1.165, 1.54) is 0 Å². The lowest BCUT2D eigenvalue weighted by Crippen LogP contribution is -2.21. The molecule has 1 saturated carbocycles. The Morgan fingerprint density at radius 1 is 1.35 bits per heavy atom. The summed E-state index contributed by atoms with van der Waals surface area (Å²) >= 11 is 3.30. The Hall–Kier alpha value is -1.83. The fourth-order valence-corrected chi connectivity index (χ4v) is 2.68. The molecule has 2 aromatic rings. The Balaban J connectivity index is 1.78. The van der Waals surface area contributed by atoms with Gasteiger partial charge in [-0.25, -0.2) is 0 Å². The number of para-hydroxylation sites is 1. The highest BCUT2D eigenvalue weighted by atomic mass is 79.9. The maximum Gasteiger partial charge on any atom is 0.435 e. The molecule has 0 bridgehead atoms. The van der Waals surface area contributed by atoms with Crippen molar-refractivity contribution >= 4 is 27.5 Å². The second-order valence-electron chi connectivity index (χ2n) is 5.41. The van der Waals surface area contributed by atoms with Gasteiger partial charge in [0, 0.05) is 16.1 Å². The number of benzene rings is 1. The SMILES string of the molecule is O=C(Cn1nc(C(F)(F)F)cc1C1CC1)Nc1ccccc1Br. The van der Waals surface area contributed by atoms with Crippen LogP contribution in [0.3, 0.4) is 0 Å². The predicted octanol–water partition coefficient (Wildman–Crippen LogP) is 4.18. The molecule has 8 heteroatoms. The van der Waals surface area contributed by atoms with Crippen molar-refractivity contribution in [3.05, 3.63) is 46.2 Å². The third-order valence-corrected chi connectivity index (χ3v) is 4.23. The molecular formula is C15H13BrF3N3O. The Morgan fingerprint density at radius 3 is 2.65 bits per heavy atom. The van der Waals surface area contributed by atoms with E-state index in [0.29, 0.717) is 15.9 Å². The van der Waals surface area contributed by atoms with E-state index in [1.54, 1.807) is 24.3 Å². The second-order valence-corrected chi connectivity index (χ2v) is 6.27. The third-order valence-electron chi connectivity index (χ3n) is 3.54. The number of halogens is 4. The van der Waals surface area contributed by atoms with Crippen molar-refractivity contribution < 1.29 is 18.0 Å². The zero-order valence-corrected chi connectivity index (χ0v) is 13.5. The maximum absolute atomic E-state index is 12.8. The molecule has 0 saturated heterocycles. The number of nitrogens with zero attached hydrogens (tertiary/aromatic N) is 2. The standard InChI is InChI=1S/C15H13BrF3N3O/c16-10-3-1-2-4-11(10)20-14(23)8-22-12(9-5-6-9)7-13(21-22)15(17,18)19/h1-4,7,9H,5-6,8H2,(H,20,23). The van der Waals surface area contributed by atoms with Crippen LogP contribution >= 0.6 is 15.9 Å². The highest BCUT2D eigenvalue weighted by molar-refractivity contribution is 9.10. The van der Waals surface area contributed by atoms with Gasteiger partial charge in [0.1, 0.15) is 6.54 Å². The van der Waals surface area contributed by atoms with Crippen molar-refractivity contribution in [3.8, 4) is 0 Å². The van der Waals surface area contributed by atoms with Crippen LogP contribution in [-0.2, 0) is 17.5 Å². The molecule has 1 N–H and O–H groups in total. The summed E-state index contributed by atoms with van der Waals surface area (Å²) in [6.45, 7) is -0.247. The zero-order valence-electron chi connectivity index (χ0n) is 11.9. The lowest BCUT2D eigenvalue weighted by atomic mass is 10.2. The molecule has 4 nitrogen and oxygen atoms in total. The van der Waals surface area contributed by atoms with Crippen molar-refractivity contribution in [2.24, 2.45) is 0 Å².